The number of hydrogen-bond donors (Lipinski definition) is 1. The predicted octanol–water partition coefficient (Wildman–Crippen LogP) is 2.56. The molecule has 1 fully saturated rings. The first-order chi connectivity index (χ1) is 12.8. The molecule has 8 heteroatoms. The van der Waals surface area contributed by atoms with Crippen LogP contribution < -0.4 is 5.32 Å². The maximum atomic E-state index is 13.1. The summed E-state index contributed by atoms with van der Waals surface area (Å²) in [6, 6.07) is 9.14. The van der Waals surface area contributed by atoms with E-state index in [-0.39, 0.29) is 17.3 Å². The molecule has 0 radical (unpaired) electrons. The van der Waals surface area contributed by atoms with Crippen molar-refractivity contribution in [2.24, 2.45) is 5.92 Å². The normalized spacial score (nSPS) is 16.4. The molecule has 1 aromatic carbocycles. The summed E-state index contributed by atoms with van der Waals surface area (Å²) in [6.45, 7) is 6.55. The maximum absolute atomic E-state index is 13.1. The molecule has 1 aliphatic heterocycles. The zero-order chi connectivity index (χ0) is 19.6. The first-order valence-electron chi connectivity index (χ1n) is 9.18. The zero-order valence-corrected chi connectivity index (χ0v) is 16.8. The number of nitrogens with one attached hydrogen (secondary N) is 1. The molecule has 2 aromatic rings. The number of piperidine rings is 1. The van der Waals surface area contributed by atoms with E-state index in [1.54, 1.807) is 30.3 Å². The number of rotatable bonds is 5. The lowest BCUT2D eigenvalue weighted by molar-refractivity contribution is -0.116. The molecule has 0 bridgehead atoms. The molecule has 1 saturated heterocycles. The molecule has 0 atom stereocenters. The number of amides is 1. The monoisotopic (exact) mass is 390 g/mol. The summed E-state index contributed by atoms with van der Waals surface area (Å²) in [5.74, 6) is 0.297. The number of hydrogen-bond acceptors (Lipinski definition) is 4. The van der Waals surface area contributed by atoms with Gasteiger partial charge in [0.15, 0.2) is 0 Å². The quantitative estimate of drug-likeness (QED) is 0.850. The topological polar surface area (TPSA) is 84.3 Å². The first-order valence-corrected chi connectivity index (χ1v) is 10.6. The first kappa shape index (κ1) is 19.6. The van der Waals surface area contributed by atoms with Crippen LogP contribution >= 0.6 is 0 Å². The van der Waals surface area contributed by atoms with Gasteiger partial charge in [-0.25, -0.2) is 8.42 Å². The predicted molar refractivity (Wildman–Crippen MR) is 104 cm³/mol. The van der Waals surface area contributed by atoms with E-state index in [0.717, 1.165) is 12.8 Å². The summed E-state index contributed by atoms with van der Waals surface area (Å²) < 4.78 is 29.2. The third-order valence-corrected chi connectivity index (χ3v) is 7.16. The highest BCUT2D eigenvalue weighted by Crippen LogP contribution is 2.27. The van der Waals surface area contributed by atoms with Crippen LogP contribution in [-0.4, -0.2) is 41.5 Å². The fourth-order valence-corrected chi connectivity index (χ4v) is 5.26. The minimum atomic E-state index is -3.60. The Bertz CT molecular complexity index is 914. The second-order valence-corrected chi connectivity index (χ2v) is 9.03. The van der Waals surface area contributed by atoms with Gasteiger partial charge in [-0.15, -0.1) is 0 Å². The van der Waals surface area contributed by atoms with Gasteiger partial charge in [0, 0.05) is 18.8 Å². The van der Waals surface area contributed by atoms with Crippen LogP contribution in [0.4, 0.5) is 5.69 Å². The summed E-state index contributed by atoms with van der Waals surface area (Å²) in [5, 5.41) is 7.11. The number of aryl methyl sites for hydroxylation is 1. The molecule has 0 aliphatic carbocycles. The van der Waals surface area contributed by atoms with Crippen molar-refractivity contribution in [1.29, 1.82) is 0 Å². The van der Waals surface area contributed by atoms with Gasteiger partial charge in [-0.2, -0.15) is 9.40 Å². The molecule has 0 saturated carbocycles. The van der Waals surface area contributed by atoms with Crippen LogP contribution in [0.1, 0.15) is 31.2 Å². The number of aromatic nitrogens is 2. The molecule has 2 heterocycles. The molecule has 1 N–H and O–H groups in total. The van der Waals surface area contributed by atoms with E-state index in [0.29, 0.717) is 36.1 Å². The largest absolute Gasteiger partial charge is 0.324 e. The number of carbonyl (C=O) groups excluding carboxylic acids is 1. The number of benzene rings is 1. The van der Waals surface area contributed by atoms with Gasteiger partial charge in [-0.3, -0.25) is 9.48 Å². The van der Waals surface area contributed by atoms with E-state index in [2.05, 4.69) is 17.3 Å². The minimum absolute atomic E-state index is 0.0336. The van der Waals surface area contributed by atoms with Crippen LogP contribution in [0.5, 0.6) is 0 Å². The van der Waals surface area contributed by atoms with Crippen molar-refractivity contribution in [2.75, 3.05) is 18.4 Å². The Morgan fingerprint density at radius 1 is 1.19 bits per heavy atom. The van der Waals surface area contributed by atoms with Gasteiger partial charge in [0.05, 0.1) is 11.4 Å². The van der Waals surface area contributed by atoms with Gasteiger partial charge >= 0.3 is 0 Å². The van der Waals surface area contributed by atoms with Crippen molar-refractivity contribution in [3.63, 3.8) is 0 Å². The Labute approximate surface area is 160 Å². The van der Waals surface area contributed by atoms with Crippen LogP contribution in [0.3, 0.4) is 0 Å². The third-order valence-electron chi connectivity index (χ3n) is 5.01. The van der Waals surface area contributed by atoms with Crippen molar-refractivity contribution in [3.05, 3.63) is 41.7 Å². The van der Waals surface area contributed by atoms with Crippen LogP contribution in [0.2, 0.25) is 0 Å². The molecule has 146 valence electrons. The van der Waals surface area contributed by atoms with Gasteiger partial charge < -0.3 is 5.32 Å². The zero-order valence-electron chi connectivity index (χ0n) is 16.0. The number of para-hydroxylation sites is 1. The summed E-state index contributed by atoms with van der Waals surface area (Å²) in [7, 11) is -3.60. The van der Waals surface area contributed by atoms with Crippen molar-refractivity contribution in [2.45, 2.75) is 45.1 Å². The number of sulfonamides is 1. The van der Waals surface area contributed by atoms with Gasteiger partial charge in [-0.1, -0.05) is 25.1 Å². The van der Waals surface area contributed by atoms with Crippen molar-refractivity contribution < 1.29 is 13.2 Å². The second-order valence-electron chi connectivity index (χ2n) is 7.16. The molecule has 0 spiro atoms. The number of anilines is 1. The summed E-state index contributed by atoms with van der Waals surface area (Å²) in [5.41, 5.74) is 1.62. The maximum Gasteiger partial charge on any atom is 0.246 e. The Balaban J connectivity index is 1.79. The SMILES string of the molecule is Cc1nn(CC(=O)Nc2ccccc2)c(C)c1S(=O)(=O)N1CCC(C)CC1. The summed E-state index contributed by atoms with van der Waals surface area (Å²) >= 11 is 0. The molecule has 3 rings (SSSR count). The van der Waals surface area contributed by atoms with Crippen LogP contribution in [0, 0.1) is 19.8 Å². The highest BCUT2D eigenvalue weighted by molar-refractivity contribution is 7.89. The summed E-state index contributed by atoms with van der Waals surface area (Å²) in [4.78, 5) is 12.5. The van der Waals surface area contributed by atoms with Crippen molar-refractivity contribution >= 4 is 21.6 Å². The molecule has 27 heavy (non-hydrogen) atoms. The summed E-state index contributed by atoms with van der Waals surface area (Å²) in [6.07, 6.45) is 1.73. The Kier molecular flexibility index (Phi) is 5.67. The average Bonchev–Trinajstić information content (AvgIpc) is 2.90. The van der Waals surface area contributed by atoms with Crippen LogP contribution in [0.25, 0.3) is 0 Å². The molecular formula is C19H26N4O3S. The molecule has 1 amide bonds. The van der Waals surface area contributed by atoms with Crippen LogP contribution in [-0.2, 0) is 21.4 Å². The molecule has 1 aromatic heterocycles. The van der Waals surface area contributed by atoms with Gasteiger partial charge in [0.2, 0.25) is 15.9 Å². The van der Waals surface area contributed by atoms with Gasteiger partial charge in [-0.05, 0) is 44.7 Å². The smallest absolute Gasteiger partial charge is 0.246 e. The average molecular weight is 391 g/mol. The Morgan fingerprint density at radius 3 is 2.44 bits per heavy atom. The second kappa shape index (κ2) is 7.82. The molecular weight excluding hydrogens is 364 g/mol. The van der Waals surface area contributed by atoms with Crippen molar-refractivity contribution in [3.8, 4) is 0 Å². The fourth-order valence-electron chi connectivity index (χ4n) is 3.42. The molecule has 1 aliphatic rings. The lowest BCUT2D eigenvalue weighted by atomic mass is 10.0. The molecule has 7 nitrogen and oxygen atoms in total. The highest BCUT2D eigenvalue weighted by Gasteiger charge is 2.33. The van der Waals surface area contributed by atoms with E-state index < -0.39 is 10.0 Å². The lowest BCUT2D eigenvalue weighted by Gasteiger charge is -2.29. The minimum Gasteiger partial charge on any atom is -0.324 e. The van der Waals surface area contributed by atoms with Crippen LogP contribution in [0.15, 0.2) is 35.2 Å². The Hall–Kier alpha value is -2.19. The van der Waals surface area contributed by atoms with E-state index in [1.807, 2.05) is 18.2 Å². The van der Waals surface area contributed by atoms with E-state index in [9.17, 15) is 13.2 Å². The third kappa shape index (κ3) is 4.22. The van der Waals surface area contributed by atoms with E-state index >= 15 is 0 Å². The van der Waals surface area contributed by atoms with Crippen molar-refractivity contribution in [1.82, 2.24) is 14.1 Å². The Morgan fingerprint density at radius 2 is 1.81 bits per heavy atom. The standard InChI is InChI=1S/C19H26N4O3S/c1-14-9-11-22(12-10-14)27(25,26)19-15(2)21-23(16(19)3)13-18(24)20-17-7-5-4-6-8-17/h4-8,14H,9-13H2,1-3H3,(H,20,24). The fraction of sp³-hybridized carbons (Fsp3) is 0.474. The molecule has 0 unspecified atom stereocenters. The van der Waals surface area contributed by atoms with Gasteiger partial charge in [0.25, 0.3) is 0 Å². The van der Waals surface area contributed by atoms with E-state index in [4.69, 9.17) is 0 Å². The number of nitrogens with zero attached hydrogens (tertiary/aromatic N) is 3. The number of carbonyl (C=O) groups is 1. The highest BCUT2D eigenvalue weighted by atomic mass is 32.2. The van der Waals surface area contributed by atoms with Gasteiger partial charge in [0.1, 0.15) is 11.4 Å². The van der Waals surface area contributed by atoms with E-state index in [1.165, 1.54) is 4.68 Å². The lowest BCUT2D eigenvalue weighted by Crippen LogP contribution is -2.38.